The third kappa shape index (κ3) is 1.91. The van der Waals surface area contributed by atoms with Gasteiger partial charge in [-0.1, -0.05) is 18.2 Å². The van der Waals surface area contributed by atoms with Crippen LogP contribution < -0.4 is 0 Å². The number of para-hydroxylation sites is 1. The first-order valence-electron chi connectivity index (χ1n) is 6.32. The van der Waals surface area contributed by atoms with E-state index < -0.39 is 0 Å². The van der Waals surface area contributed by atoms with Crippen LogP contribution in [-0.4, -0.2) is 25.2 Å². The lowest BCUT2D eigenvalue weighted by Gasteiger charge is -2.22. The maximum atomic E-state index is 11.5. The van der Waals surface area contributed by atoms with E-state index in [4.69, 9.17) is 14.2 Å². The minimum atomic E-state index is -0.385. The van der Waals surface area contributed by atoms with Crippen molar-refractivity contribution in [2.75, 3.05) is 14.2 Å². The highest BCUT2D eigenvalue weighted by Gasteiger charge is 2.29. The van der Waals surface area contributed by atoms with Crippen LogP contribution in [0.2, 0.25) is 0 Å². The van der Waals surface area contributed by atoms with Crippen molar-refractivity contribution in [1.82, 2.24) is 4.98 Å². The summed E-state index contributed by atoms with van der Waals surface area (Å²) in [6.07, 6.45) is 1.32. The zero-order valence-corrected chi connectivity index (χ0v) is 11.3. The van der Waals surface area contributed by atoms with Crippen LogP contribution >= 0.6 is 0 Å². The highest BCUT2D eigenvalue weighted by Crippen LogP contribution is 2.39. The zero-order valence-electron chi connectivity index (χ0n) is 11.3. The molecular formula is C15H15NO4. The minimum Gasteiger partial charge on any atom is -0.493 e. The molecule has 0 amide bonds. The SMILES string of the molecule is COC(=O)CC1OC=C(OC)c2c1[nH]c1ccccc21. The summed E-state index contributed by atoms with van der Waals surface area (Å²) in [7, 11) is 2.97. The quantitative estimate of drug-likeness (QED) is 0.873. The molecule has 1 N–H and O–H groups in total. The van der Waals surface area contributed by atoms with Crippen molar-refractivity contribution in [2.24, 2.45) is 0 Å². The van der Waals surface area contributed by atoms with Gasteiger partial charge < -0.3 is 19.2 Å². The summed E-state index contributed by atoms with van der Waals surface area (Å²) in [5.74, 6) is 0.340. The monoisotopic (exact) mass is 273 g/mol. The average Bonchev–Trinajstić information content (AvgIpc) is 2.87. The molecule has 1 atom stereocenters. The Morgan fingerprint density at radius 2 is 2.15 bits per heavy atom. The summed E-state index contributed by atoms with van der Waals surface area (Å²) in [6.45, 7) is 0. The molecular weight excluding hydrogens is 258 g/mol. The number of aromatic nitrogens is 1. The van der Waals surface area contributed by atoms with Crippen LogP contribution in [-0.2, 0) is 19.0 Å². The summed E-state index contributed by atoms with van der Waals surface area (Å²) in [5, 5.41) is 1.05. The number of carbonyl (C=O) groups excluding carboxylic acids is 1. The zero-order chi connectivity index (χ0) is 14.1. The summed E-state index contributed by atoms with van der Waals surface area (Å²) in [4.78, 5) is 14.8. The van der Waals surface area contributed by atoms with Crippen molar-refractivity contribution in [3.8, 4) is 0 Å². The Bertz CT molecular complexity index is 686. The van der Waals surface area contributed by atoms with Crippen molar-refractivity contribution in [3.05, 3.63) is 41.8 Å². The van der Waals surface area contributed by atoms with Gasteiger partial charge in [-0.3, -0.25) is 4.79 Å². The first-order valence-corrected chi connectivity index (χ1v) is 6.32. The van der Waals surface area contributed by atoms with Crippen LogP contribution in [0.3, 0.4) is 0 Å². The Hall–Kier alpha value is -2.43. The largest absolute Gasteiger partial charge is 0.493 e. The number of benzene rings is 1. The Balaban J connectivity index is 2.11. The average molecular weight is 273 g/mol. The van der Waals surface area contributed by atoms with Gasteiger partial charge in [0.25, 0.3) is 0 Å². The Kier molecular flexibility index (Phi) is 3.10. The van der Waals surface area contributed by atoms with Crippen LogP contribution in [0.25, 0.3) is 16.7 Å². The summed E-state index contributed by atoms with van der Waals surface area (Å²) in [6, 6.07) is 7.92. The molecule has 3 rings (SSSR count). The number of rotatable bonds is 3. The standard InChI is InChI=1S/C15H15NO4/c1-18-12-8-20-11(7-13(17)19-2)15-14(12)9-5-3-4-6-10(9)16-15/h3-6,8,11,16H,7H2,1-2H3. The predicted molar refractivity (Wildman–Crippen MR) is 73.7 cm³/mol. The molecule has 1 aliphatic rings. The van der Waals surface area contributed by atoms with Gasteiger partial charge in [0.1, 0.15) is 12.4 Å². The van der Waals surface area contributed by atoms with Gasteiger partial charge in [0.2, 0.25) is 0 Å². The van der Waals surface area contributed by atoms with E-state index in [-0.39, 0.29) is 18.5 Å². The highest BCUT2D eigenvalue weighted by atomic mass is 16.5. The number of fused-ring (bicyclic) bond motifs is 3. The van der Waals surface area contributed by atoms with Crippen molar-refractivity contribution in [3.63, 3.8) is 0 Å². The summed E-state index contributed by atoms with van der Waals surface area (Å²) >= 11 is 0. The minimum absolute atomic E-state index is 0.157. The number of nitrogens with one attached hydrogen (secondary N) is 1. The molecule has 20 heavy (non-hydrogen) atoms. The molecule has 5 nitrogen and oxygen atoms in total. The van der Waals surface area contributed by atoms with Gasteiger partial charge in [-0.15, -0.1) is 0 Å². The van der Waals surface area contributed by atoms with Gasteiger partial charge in [0.05, 0.1) is 31.9 Å². The van der Waals surface area contributed by atoms with Gasteiger partial charge in [0, 0.05) is 10.9 Å². The first kappa shape index (κ1) is 12.6. The van der Waals surface area contributed by atoms with E-state index >= 15 is 0 Å². The van der Waals surface area contributed by atoms with E-state index in [2.05, 4.69) is 4.98 Å². The molecule has 1 unspecified atom stereocenters. The number of esters is 1. The summed E-state index contributed by atoms with van der Waals surface area (Å²) < 4.78 is 15.7. The number of aromatic amines is 1. The number of methoxy groups -OCH3 is 2. The van der Waals surface area contributed by atoms with Crippen LogP contribution in [0.15, 0.2) is 30.5 Å². The Labute approximate surface area is 116 Å². The van der Waals surface area contributed by atoms with Crippen molar-refractivity contribution >= 4 is 22.6 Å². The smallest absolute Gasteiger partial charge is 0.309 e. The highest BCUT2D eigenvalue weighted by molar-refractivity contribution is 5.93. The van der Waals surface area contributed by atoms with Crippen LogP contribution in [0.4, 0.5) is 0 Å². The van der Waals surface area contributed by atoms with E-state index in [0.717, 1.165) is 22.2 Å². The molecule has 0 saturated heterocycles. The molecule has 0 radical (unpaired) electrons. The fourth-order valence-electron chi connectivity index (χ4n) is 2.48. The van der Waals surface area contributed by atoms with E-state index in [1.165, 1.54) is 7.11 Å². The van der Waals surface area contributed by atoms with Gasteiger partial charge in [-0.2, -0.15) is 0 Å². The Morgan fingerprint density at radius 1 is 1.35 bits per heavy atom. The summed E-state index contributed by atoms with van der Waals surface area (Å²) in [5.41, 5.74) is 2.78. The van der Waals surface area contributed by atoms with Crippen LogP contribution in [0, 0.1) is 0 Å². The van der Waals surface area contributed by atoms with Gasteiger partial charge in [0.15, 0.2) is 5.76 Å². The molecule has 1 aromatic heterocycles. The maximum Gasteiger partial charge on any atom is 0.309 e. The molecule has 0 aliphatic carbocycles. The fraction of sp³-hybridized carbons (Fsp3) is 0.267. The van der Waals surface area contributed by atoms with Crippen molar-refractivity contribution in [1.29, 1.82) is 0 Å². The molecule has 5 heteroatoms. The molecule has 1 aromatic carbocycles. The van der Waals surface area contributed by atoms with Crippen molar-refractivity contribution in [2.45, 2.75) is 12.5 Å². The number of carbonyl (C=O) groups is 1. The van der Waals surface area contributed by atoms with E-state index in [0.29, 0.717) is 5.76 Å². The number of hydrogen-bond acceptors (Lipinski definition) is 4. The first-order chi connectivity index (χ1) is 9.74. The lowest BCUT2D eigenvalue weighted by molar-refractivity contribution is -0.143. The second kappa shape index (κ2) is 4.92. The predicted octanol–water partition coefficient (Wildman–Crippen LogP) is 2.75. The van der Waals surface area contributed by atoms with Gasteiger partial charge in [-0.25, -0.2) is 0 Å². The third-order valence-electron chi connectivity index (χ3n) is 3.44. The van der Waals surface area contributed by atoms with E-state index in [1.807, 2.05) is 24.3 Å². The third-order valence-corrected chi connectivity index (χ3v) is 3.44. The normalized spacial score (nSPS) is 17.1. The topological polar surface area (TPSA) is 60.6 Å². The molecule has 1 aliphatic heterocycles. The molecule has 0 spiro atoms. The number of hydrogen-bond donors (Lipinski definition) is 1. The van der Waals surface area contributed by atoms with E-state index in [1.54, 1.807) is 13.4 Å². The van der Waals surface area contributed by atoms with Crippen LogP contribution in [0.1, 0.15) is 23.8 Å². The van der Waals surface area contributed by atoms with Gasteiger partial charge >= 0.3 is 5.97 Å². The molecule has 104 valence electrons. The Morgan fingerprint density at radius 3 is 2.90 bits per heavy atom. The van der Waals surface area contributed by atoms with Crippen LogP contribution in [0.5, 0.6) is 0 Å². The number of ether oxygens (including phenoxy) is 3. The molecule has 2 aromatic rings. The van der Waals surface area contributed by atoms with E-state index in [9.17, 15) is 4.79 Å². The lowest BCUT2D eigenvalue weighted by Crippen LogP contribution is -2.15. The molecule has 0 fully saturated rings. The maximum absolute atomic E-state index is 11.5. The lowest BCUT2D eigenvalue weighted by atomic mass is 10.0. The second-order valence-electron chi connectivity index (χ2n) is 4.55. The fourth-order valence-corrected chi connectivity index (χ4v) is 2.48. The van der Waals surface area contributed by atoms with Crippen molar-refractivity contribution < 1.29 is 19.0 Å². The molecule has 0 bridgehead atoms. The molecule has 0 saturated carbocycles. The number of H-pyrrole nitrogens is 1. The second-order valence-corrected chi connectivity index (χ2v) is 4.55. The molecule has 2 heterocycles. The van der Waals surface area contributed by atoms with Gasteiger partial charge in [-0.05, 0) is 6.07 Å².